The van der Waals surface area contributed by atoms with E-state index in [9.17, 15) is 4.79 Å². The number of aromatic nitrogens is 3. The second-order valence-electron chi connectivity index (χ2n) is 6.03. The fourth-order valence-electron chi connectivity index (χ4n) is 3.06. The second-order valence-corrected chi connectivity index (χ2v) is 6.47. The molecule has 2 aromatic rings. The van der Waals surface area contributed by atoms with Crippen molar-refractivity contribution in [2.24, 2.45) is 0 Å². The molecule has 6 nitrogen and oxygen atoms in total. The van der Waals surface area contributed by atoms with Gasteiger partial charge in [-0.3, -0.25) is 4.79 Å². The number of amides is 1. The molecule has 0 bridgehead atoms. The van der Waals surface area contributed by atoms with Crippen molar-refractivity contribution in [1.82, 2.24) is 14.8 Å². The van der Waals surface area contributed by atoms with Crippen LogP contribution in [0.25, 0.3) is 5.69 Å². The lowest BCUT2D eigenvalue weighted by atomic mass is 10.0. The summed E-state index contributed by atoms with van der Waals surface area (Å²) in [5.41, 5.74) is 1.40. The van der Waals surface area contributed by atoms with Crippen molar-refractivity contribution in [3.05, 3.63) is 35.9 Å². The van der Waals surface area contributed by atoms with Crippen molar-refractivity contribution in [2.45, 2.75) is 32.2 Å². The minimum absolute atomic E-state index is 0.00242. The van der Waals surface area contributed by atoms with Gasteiger partial charge in [-0.1, -0.05) is 11.6 Å². The zero-order valence-corrected chi connectivity index (χ0v) is 13.9. The lowest BCUT2D eigenvalue weighted by molar-refractivity contribution is -0.920. The second kappa shape index (κ2) is 7.10. The molecule has 1 aliphatic heterocycles. The summed E-state index contributed by atoms with van der Waals surface area (Å²) in [7, 11) is 0. The van der Waals surface area contributed by atoms with Crippen LogP contribution in [0.1, 0.15) is 26.2 Å². The standard InChI is InChI=1S/C16H20ClN5O/c1-12-4-2-3-7-21(12)9-16(23)20-14-8-13(17)5-6-15(14)22-11-18-10-19-22/h5-6,8,10-12H,2-4,7,9H2,1H3,(H,20,23)/p+1/t12-/m1/s1. The number of nitrogens with zero attached hydrogens (tertiary/aromatic N) is 3. The highest BCUT2D eigenvalue weighted by molar-refractivity contribution is 6.31. The lowest BCUT2D eigenvalue weighted by Crippen LogP contribution is -3.17. The van der Waals surface area contributed by atoms with Crippen LogP contribution in [0.2, 0.25) is 5.02 Å². The molecule has 0 spiro atoms. The molecule has 7 heteroatoms. The number of hydrogen-bond acceptors (Lipinski definition) is 3. The van der Waals surface area contributed by atoms with Gasteiger partial charge in [-0.15, -0.1) is 0 Å². The molecule has 23 heavy (non-hydrogen) atoms. The largest absolute Gasteiger partial charge is 0.325 e. The molecular formula is C16H21ClN5O+. The summed E-state index contributed by atoms with van der Waals surface area (Å²) in [5, 5.41) is 7.66. The van der Waals surface area contributed by atoms with Gasteiger partial charge in [0.15, 0.2) is 6.54 Å². The topological polar surface area (TPSA) is 64.2 Å². The van der Waals surface area contributed by atoms with Gasteiger partial charge < -0.3 is 10.2 Å². The number of hydrogen-bond donors (Lipinski definition) is 2. The molecule has 1 aliphatic rings. The molecule has 3 rings (SSSR count). The highest BCUT2D eigenvalue weighted by atomic mass is 35.5. The summed E-state index contributed by atoms with van der Waals surface area (Å²) in [6, 6.07) is 5.87. The third kappa shape index (κ3) is 3.89. The van der Waals surface area contributed by atoms with Gasteiger partial charge in [-0.2, -0.15) is 5.10 Å². The van der Waals surface area contributed by atoms with Crippen molar-refractivity contribution in [3.63, 3.8) is 0 Å². The van der Waals surface area contributed by atoms with Crippen LogP contribution < -0.4 is 10.2 Å². The smallest absolute Gasteiger partial charge is 0.279 e. The van der Waals surface area contributed by atoms with Gasteiger partial charge in [0.1, 0.15) is 12.7 Å². The molecule has 1 aromatic heterocycles. The Kier molecular flexibility index (Phi) is 4.93. The Labute approximate surface area is 140 Å². The number of likely N-dealkylation sites (tertiary alicyclic amines) is 1. The fourth-order valence-corrected chi connectivity index (χ4v) is 3.23. The van der Waals surface area contributed by atoms with E-state index in [1.165, 1.54) is 30.5 Å². The number of halogens is 1. The van der Waals surface area contributed by atoms with E-state index < -0.39 is 0 Å². The SMILES string of the molecule is C[C@@H]1CCCC[NH+]1CC(=O)Nc1cc(Cl)ccc1-n1cncn1. The highest BCUT2D eigenvalue weighted by Crippen LogP contribution is 2.23. The van der Waals surface area contributed by atoms with Crippen molar-refractivity contribution in [2.75, 3.05) is 18.4 Å². The summed E-state index contributed by atoms with van der Waals surface area (Å²) in [6.45, 7) is 3.74. The molecule has 1 saturated heterocycles. The fraction of sp³-hybridized carbons (Fsp3) is 0.438. The zero-order chi connectivity index (χ0) is 16.2. The number of quaternary nitrogens is 1. The number of rotatable bonds is 4. The van der Waals surface area contributed by atoms with Crippen molar-refractivity contribution >= 4 is 23.2 Å². The molecule has 2 atom stereocenters. The van der Waals surface area contributed by atoms with E-state index in [1.807, 2.05) is 6.07 Å². The predicted octanol–water partition coefficient (Wildman–Crippen LogP) is 1.32. The minimum atomic E-state index is -0.00242. The molecular weight excluding hydrogens is 314 g/mol. The van der Waals surface area contributed by atoms with Gasteiger partial charge in [0.2, 0.25) is 0 Å². The molecule has 0 saturated carbocycles. The van der Waals surface area contributed by atoms with Crippen LogP contribution >= 0.6 is 11.6 Å². The first-order chi connectivity index (χ1) is 11.1. The Morgan fingerprint density at radius 2 is 2.35 bits per heavy atom. The predicted molar refractivity (Wildman–Crippen MR) is 89.0 cm³/mol. The molecule has 1 fully saturated rings. The average Bonchev–Trinajstić information content (AvgIpc) is 3.04. The van der Waals surface area contributed by atoms with Crippen LogP contribution in [-0.2, 0) is 4.79 Å². The van der Waals surface area contributed by atoms with Gasteiger partial charge in [0.25, 0.3) is 5.91 Å². The number of benzene rings is 1. The Morgan fingerprint density at radius 1 is 1.48 bits per heavy atom. The van der Waals surface area contributed by atoms with Gasteiger partial charge in [0.05, 0.1) is 24.0 Å². The zero-order valence-electron chi connectivity index (χ0n) is 13.1. The van der Waals surface area contributed by atoms with Crippen LogP contribution in [0.15, 0.2) is 30.9 Å². The van der Waals surface area contributed by atoms with Gasteiger partial charge in [-0.05, 0) is 44.4 Å². The minimum Gasteiger partial charge on any atom is -0.325 e. The first-order valence-electron chi connectivity index (χ1n) is 7.92. The molecule has 1 aromatic carbocycles. The maximum atomic E-state index is 12.4. The third-order valence-electron chi connectivity index (χ3n) is 4.37. The van der Waals surface area contributed by atoms with Crippen molar-refractivity contribution < 1.29 is 9.69 Å². The third-order valence-corrected chi connectivity index (χ3v) is 4.60. The maximum absolute atomic E-state index is 12.4. The van der Waals surface area contributed by atoms with Crippen LogP contribution in [-0.4, -0.2) is 39.8 Å². The number of carbonyl (C=O) groups is 1. The normalized spacial score (nSPS) is 21.1. The van der Waals surface area contributed by atoms with Crippen LogP contribution in [0.3, 0.4) is 0 Å². The summed E-state index contributed by atoms with van der Waals surface area (Å²) >= 11 is 6.07. The van der Waals surface area contributed by atoms with Gasteiger partial charge in [-0.25, -0.2) is 9.67 Å². The number of anilines is 1. The van der Waals surface area contributed by atoms with E-state index in [-0.39, 0.29) is 5.91 Å². The van der Waals surface area contributed by atoms with E-state index in [4.69, 9.17) is 11.6 Å². The lowest BCUT2D eigenvalue weighted by Gasteiger charge is -2.29. The van der Waals surface area contributed by atoms with Crippen LogP contribution in [0.5, 0.6) is 0 Å². The molecule has 0 radical (unpaired) electrons. The Balaban J connectivity index is 1.74. The van der Waals surface area contributed by atoms with E-state index in [2.05, 4.69) is 22.3 Å². The molecule has 122 valence electrons. The van der Waals surface area contributed by atoms with E-state index in [0.717, 1.165) is 12.2 Å². The number of carbonyl (C=O) groups excluding carboxylic acids is 1. The van der Waals surface area contributed by atoms with Gasteiger partial charge in [0, 0.05) is 5.02 Å². The average molecular weight is 335 g/mol. The Bertz CT molecular complexity index is 673. The number of nitrogens with one attached hydrogen (secondary N) is 2. The van der Waals surface area contributed by atoms with Crippen molar-refractivity contribution in [3.8, 4) is 5.69 Å². The molecule has 0 aliphatic carbocycles. The van der Waals surface area contributed by atoms with Crippen LogP contribution in [0.4, 0.5) is 5.69 Å². The molecule has 2 N–H and O–H groups in total. The van der Waals surface area contributed by atoms with Gasteiger partial charge >= 0.3 is 0 Å². The number of piperidine rings is 1. The summed E-state index contributed by atoms with van der Waals surface area (Å²) in [5.74, 6) is -0.00242. The van der Waals surface area contributed by atoms with Crippen LogP contribution in [0, 0.1) is 0 Å². The summed E-state index contributed by atoms with van der Waals surface area (Å²) < 4.78 is 1.61. The quantitative estimate of drug-likeness (QED) is 0.886. The molecule has 1 amide bonds. The van der Waals surface area contributed by atoms with Crippen molar-refractivity contribution in [1.29, 1.82) is 0 Å². The highest BCUT2D eigenvalue weighted by Gasteiger charge is 2.24. The monoisotopic (exact) mass is 334 g/mol. The Morgan fingerprint density at radius 3 is 3.09 bits per heavy atom. The van der Waals surface area contributed by atoms with E-state index in [1.54, 1.807) is 23.1 Å². The maximum Gasteiger partial charge on any atom is 0.279 e. The summed E-state index contributed by atoms with van der Waals surface area (Å²) in [6.07, 6.45) is 6.69. The van der Waals surface area contributed by atoms with E-state index >= 15 is 0 Å². The molecule has 2 heterocycles. The van der Waals surface area contributed by atoms with E-state index in [0.29, 0.717) is 23.3 Å². The Hall–Kier alpha value is -1.92. The first-order valence-corrected chi connectivity index (χ1v) is 8.30. The summed E-state index contributed by atoms with van der Waals surface area (Å²) in [4.78, 5) is 17.7. The first kappa shape index (κ1) is 16.0. The molecule has 1 unspecified atom stereocenters.